The number of imidazole rings is 1. The molecule has 1 aromatic carbocycles. The summed E-state index contributed by atoms with van der Waals surface area (Å²) >= 11 is 0. The maximum absolute atomic E-state index is 11.0. The van der Waals surface area contributed by atoms with Crippen molar-refractivity contribution in [1.29, 1.82) is 0 Å². The number of aryl methyl sites for hydroxylation is 3. The Labute approximate surface area is 124 Å². The van der Waals surface area contributed by atoms with Crippen LogP contribution in [0.3, 0.4) is 0 Å². The van der Waals surface area contributed by atoms with Gasteiger partial charge in [-0.3, -0.25) is 4.79 Å². The monoisotopic (exact) mass is 287 g/mol. The lowest BCUT2D eigenvalue weighted by molar-refractivity contribution is -0.142. The minimum absolute atomic E-state index is 0.208. The van der Waals surface area contributed by atoms with E-state index in [1.165, 1.54) is 11.1 Å². The van der Waals surface area contributed by atoms with Crippen LogP contribution >= 0.6 is 0 Å². The van der Waals surface area contributed by atoms with Crippen LogP contribution in [-0.4, -0.2) is 33.7 Å². The van der Waals surface area contributed by atoms with E-state index in [0.717, 1.165) is 30.1 Å². The zero-order valence-electron chi connectivity index (χ0n) is 12.8. The molecule has 21 heavy (non-hydrogen) atoms. The molecule has 3 rings (SSSR count). The number of nitrogens with zero attached hydrogens (tertiary/aromatic N) is 3. The number of hydrogen-bond acceptors (Lipinski definition) is 3. The van der Waals surface area contributed by atoms with E-state index < -0.39 is 5.97 Å². The number of aliphatic carboxylic acids is 1. The second kappa shape index (κ2) is 5.06. The fraction of sp³-hybridized carbons (Fsp3) is 0.500. The zero-order valence-corrected chi connectivity index (χ0v) is 12.8. The lowest BCUT2D eigenvalue weighted by Crippen LogP contribution is -2.37. The van der Waals surface area contributed by atoms with Gasteiger partial charge in [0.15, 0.2) is 0 Å². The Morgan fingerprint density at radius 3 is 2.48 bits per heavy atom. The molecule has 1 fully saturated rings. The Hall–Kier alpha value is -2.04. The number of benzene rings is 1. The second-order valence-electron chi connectivity index (χ2n) is 6.00. The maximum atomic E-state index is 11.0. The number of piperidine rings is 1. The third-order valence-corrected chi connectivity index (χ3v) is 4.60. The van der Waals surface area contributed by atoms with Gasteiger partial charge in [0.1, 0.15) is 0 Å². The van der Waals surface area contributed by atoms with E-state index in [1.54, 1.807) is 0 Å². The number of carboxylic acid groups (broad SMARTS) is 1. The number of fused-ring (bicyclic) bond motifs is 1. The fourth-order valence-electron chi connectivity index (χ4n) is 3.04. The van der Waals surface area contributed by atoms with Crippen LogP contribution in [-0.2, 0) is 11.8 Å². The van der Waals surface area contributed by atoms with E-state index in [2.05, 4.69) is 35.4 Å². The highest BCUT2D eigenvalue weighted by Gasteiger charge is 2.26. The molecule has 0 saturated carbocycles. The molecule has 5 nitrogen and oxygen atoms in total. The summed E-state index contributed by atoms with van der Waals surface area (Å²) in [6, 6.07) is 4.29. The van der Waals surface area contributed by atoms with E-state index in [1.807, 2.05) is 7.05 Å². The molecule has 1 aliphatic heterocycles. The van der Waals surface area contributed by atoms with Crippen LogP contribution in [0.25, 0.3) is 11.0 Å². The molecule has 1 saturated heterocycles. The van der Waals surface area contributed by atoms with Gasteiger partial charge in [-0.05, 0) is 49.9 Å². The van der Waals surface area contributed by atoms with Gasteiger partial charge in [0.05, 0.1) is 17.0 Å². The zero-order chi connectivity index (χ0) is 15.1. The summed E-state index contributed by atoms with van der Waals surface area (Å²) < 4.78 is 2.11. The molecule has 1 aromatic heterocycles. The van der Waals surface area contributed by atoms with Crippen molar-refractivity contribution in [3.8, 4) is 0 Å². The van der Waals surface area contributed by atoms with Crippen molar-refractivity contribution in [2.75, 3.05) is 18.0 Å². The highest BCUT2D eigenvalue weighted by molar-refractivity contribution is 5.80. The minimum atomic E-state index is -0.675. The Bertz CT molecular complexity index is 697. The van der Waals surface area contributed by atoms with Crippen molar-refractivity contribution in [1.82, 2.24) is 9.55 Å². The number of carboxylic acids is 1. The average Bonchev–Trinajstić information content (AvgIpc) is 2.77. The largest absolute Gasteiger partial charge is 0.481 e. The SMILES string of the molecule is Cc1cc2nc(N3CCC(C(=O)O)CC3)n(C)c2cc1C. The number of hydrogen-bond donors (Lipinski definition) is 1. The van der Waals surface area contributed by atoms with Crippen LogP contribution in [0.5, 0.6) is 0 Å². The Balaban J connectivity index is 1.91. The molecule has 0 aliphatic carbocycles. The van der Waals surface area contributed by atoms with Gasteiger partial charge < -0.3 is 14.6 Å². The Kier molecular flexibility index (Phi) is 3.35. The summed E-state index contributed by atoms with van der Waals surface area (Å²) in [7, 11) is 2.03. The molecular formula is C16H21N3O2. The number of aromatic nitrogens is 2. The maximum Gasteiger partial charge on any atom is 0.306 e. The molecule has 1 N–H and O–H groups in total. The van der Waals surface area contributed by atoms with Crippen molar-refractivity contribution in [2.45, 2.75) is 26.7 Å². The molecule has 5 heteroatoms. The number of carbonyl (C=O) groups is 1. The van der Waals surface area contributed by atoms with Crippen LogP contribution in [0.15, 0.2) is 12.1 Å². The number of anilines is 1. The second-order valence-corrected chi connectivity index (χ2v) is 6.00. The van der Waals surface area contributed by atoms with Crippen molar-refractivity contribution in [2.24, 2.45) is 13.0 Å². The molecule has 0 unspecified atom stereocenters. The van der Waals surface area contributed by atoms with Gasteiger partial charge in [-0.1, -0.05) is 0 Å². The van der Waals surface area contributed by atoms with E-state index in [9.17, 15) is 4.79 Å². The van der Waals surface area contributed by atoms with Gasteiger partial charge in [0.25, 0.3) is 0 Å². The van der Waals surface area contributed by atoms with E-state index in [-0.39, 0.29) is 5.92 Å². The molecule has 0 bridgehead atoms. The summed E-state index contributed by atoms with van der Waals surface area (Å²) in [6.07, 6.45) is 1.38. The Morgan fingerprint density at radius 1 is 1.24 bits per heavy atom. The van der Waals surface area contributed by atoms with Crippen LogP contribution < -0.4 is 4.90 Å². The molecular weight excluding hydrogens is 266 g/mol. The van der Waals surface area contributed by atoms with E-state index in [4.69, 9.17) is 10.1 Å². The van der Waals surface area contributed by atoms with Crippen molar-refractivity contribution in [3.05, 3.63) is 23.3 Å². The summed E-state index contributed by atoms with van der Waals surface area (Å²) in [6.45, 7) is 5.72. The quantitative estimate of drug-likeness (QED) is 0.922. The molecule has 112 valence electrons. The predicted octanol–water partition coefficient (Wildman–Crippen LogP) is 2.49. The fourth-order valence-corrected chi connectivity index (χ4v) is 3.04. The lowest BCUT2D eigenvalue weighted by atomic mass is 9.97. The van der Waals surface area contributed by atoms with Crippen molar-refractivity contribution in [3.63, 3.8) is 0 Å². The first kappa shape index (κ1) is 13.9. The molecule has 0 radical (unpaired) electrons. The molecule has 1 aliphatic rings. The normalized spacial score (nSPS) is 16.6. The van der Waals surface area contributed by atoms with Gasteiger partial charge in [-0.15, -0.1) is 0 Å². The summed E-state index contributed by atoms with van der Waals surface area (Å²) in [4.78, 5) is 18.0. The van der Waals surface area contributed by atoms with Gasteiger partial charge in [-0.2, -0.15) is 0 Å². The highest BCUT2D eigenvalue weighted by Crippen LogP contribution is 2.27. The van der Waals surface area contributed by atoms with Gasteiger partial charge in [0, 0.05) is 20.1 Å². The molecule has 0 amide bonds. The topological polar surface area (TPSA) is 58.4 Å². The van der Waals surface area contributed by atoms with Crippen molar-refractivity contribution >= 4 is 23.0 Å². The first-order valence-corrected chi connectivity index (χ1v) is 7.39. The number of rotatable bonds is 2. The van der Waals surface area contributed by atoms with Gasteiger partial charge >= 0.3 is 5.97 Å². The van der Waals surface area contributed by atoms with E-state index in [0.29, 0.717) is 12.8 Å². The molecule has 0 atom stereocenters. The summed E-state index contributed by atoms with van der Waals surface area (Å²) in [5.74, 6) is 0.0603. The standard InChI is InChI=1S/C16H21N3O2/c1-10-8-13-14(9-11(10)2)18(3)16(17-13)19-6-4-12(5-7-19)15(20)21/h8-9,12H,4-7H2,1-3H3,(H,20,21). The first-order chi connectivity index (χ1) is 9.97. The van der Waals surface area contributed by atoms with Crippen molar-refractivity contribution < 1.29 is 9.90 Å². The Morgan fingerprint density at radius 2 is 1.86 bits per heavy atom. The summed E-state index contributed by atoms with van der Waals surface area (Å²) in [5.41, 5.74) is 4.66. The molecule has 0 spiro atoms. The van der Waals surface area contributed by atoms with Gasteiger partial charge in [0.2, 0.25) is 5.95 Å². The predicted molar refractivity (Wildman–Crippen MR) is 82.8 cm³/mol. The molecule has 2 aromatic rings. The lowest BCUT2D eigenvalue weighted by Gasteiger charge is -2.30. The third-order valence-electron chi connectivity index (χ3n) is 4.60. The molecule has 2 heterocycles. The third kappa shape index (κ3) is 2.37. The van der Waals surface area contributed by atoms with Crippen LogP contribution in [0.1, 0.15) is 24.0 Å². The smallest absolute Gasteiger partial charge is 0.306 e. The van der Waals surface area contributed by atoms with Crippen LogP contribution in [0.2, 0.25) is 0 Å². The average molecular weight is 287 g/mol. The minimum Gasteiger partial charge on any atom is -0.481 e. The highest BCUT2D eigenvalue weighted by atomic mass is 16.4. The summed E-state index contributed by atoms with van der Waals surface area (Å²) in [5, 5.41) is 9.09. The van der Waals surface area contributed by atoms with Crippen LogP contribution in [0.4, 0.5) is 5.95 Å². The first-order valence-electron chi connectivity index (χ1n) is 7.39. The van der Waals surface area contributed by atoms with Crippen LogP contribution in [0, 0.1) is 19.8 Å². The van der Waals surface area contributed by atoms with E-state index >= 15 is 0 Å². The van der Waals surface area contributed by atoms with Gasteiger partial charge in [-0.25, -0.2) is 4.98 Å².